The van der Waals surface area contributed by atoms with Gasteiger partial charge in [-0.25, -0.2) is 13.8 Å². The Balaban J connectivity index is 1.67. The summed E-state index contributed by atoms with van der Waals surface area (Å²) in [6.45, 7) is 0.0249. The van der Waals surface area contributed by atoms with Crippen molar-refractivity contribution < 1.29 is 27.4 Å². The van der Waals surface area contributed by atoms with Crippen LogP contribution in [0.15, 0.2) is 107 Å². The van der Waals surface area contributed by atoms with Gasteiger partial charge < -0.3 is 14.2 Å². The second-order valence-corrected chi connectivity index (χ2v) is 10.3. The lowest BCUT2D eigenvalue weighted by Crippen LogP contribution is -2.33. The minimum Gasteiger partial charge on any atom is -0.493 e. The number of amides is 1. The highest BCUT2D eigenvalue weighted by Gasteiger charge is 2.28. The number of nitrogens with one attached hydrogen (secondary N) is 1. The molecule has 40 heavy (non-hydrogen) atoms. The van der Waals surface area contributed by atoms with Crippen molar-refractivity contribution in [1.29, 1.82) is 0 Å². The van der Waals surface area contributed by atoms with E-state index in [9.17, 15) is 13.2 Å². The SMILES string of the molecule is COc1cc(/C=N/NC(=O)c2ccccc2N(Cc2ccccc2)S(=O)(=O)c2ccccc2)cc(OC)c1OC. The molecule has 0 bridgehead atoms. The number of hydrazone groups is 1. The fraction of sp³-hybridized carbons (Fsp3) is 0.133. The Morgan fingerprint density at radius 2 is 1.40 bits per heavy atom. The van der Waals surface area contributed by atoms with E-state index >= 15 is 0 Å². The zero-order valence-corrected chi connectivity index (χ0v) is 23.1. The van der Waals surface area contributed by atoms with E-state index in [0.29, 0.717) is 22.8 Å². The van der Waals surface area contributed by atoms with Crippen molar-refractivity contribution in [2.24, 2.45) is 5.10 Å². The molecular formula is C30H29N3O6S. The Morgan fingerprint density at radius 3 is 2.00 bits per heavy atom. The number of nitrogens with zero attached hydrogens (tertiary/aromatic N) is 2. The lowest BCUT2D eigenvalue weighted by Gasteiger charge is -2.26. The minimum atomic E-state index is -4.02. The van der Waals surface area contributed by atoms with Crippen LogP contribution in [0.2, 0.25) is 0 Å². The van der Waals surface area contributed by atoms with Gasteiger partial charge in [-0.1, -0.05) is 60.7 Å². The molecule has 0 heterocycles. The van der Waals surface area contributed by atoms with E-state index in [0.717, 1.165) is 5.56 Å². The lowest BCUT2D eigenvalue weighted by molar-refractivity contribution is 0.0955. The highest BCUT2D eigenvalue weighted by atomic mass is 32.2. The molecule has 10 heteroatoms. The second kappa shape index (κ2) is 12.8. The molecule has 206 valence electrons. The van der Waals surface area contributed by atoms with Gasteiger partial charge in [0.15, 0.2) is 11.5 Å². The summed E-state index contributed by atoms with van der Waals surface area (Å²) in [6, 6.07) is 27.1. The van der Waals surface area contributed by atoms with Crippen LogP contribution in [0.5, 0.6) is 17.2 Å². The third-order valence-corrected chi connectivity index (χ3v) is 7.76. The van der Waals surface area contributed by atoms with Crippen LogP contribution in [0.1, 0.15) is 21.5 Å². The van der Waals surface area contributed by atoms with E-state index in [1.54, 1.807) is 54.6 Å². The van der Waals surface area contributed by atoms with Crippen molar-refractivity contribution in [3.8, 4) is 17.2 Å². The summed E-state index contributed by atoms with van der Waals surface area (Å²) >= 11 is 0. The average Bonchev–Trinajstić information content (AvgIpc) is 3.00. The number of hydrogen-bond donors (Lipinski definition) is 1. The van der Waals surface area contributed by atoms with Crippen LogP contribution in [0.4, 0.5) is 5.69 Å². The molecule has 0 unspecified atom stereocenters. The second-order valence-electron chi connectivity index (χ2n) is 8.49. The molecule has 0 atom stereocenters. The van der Waals surface area contributed by atoms with Crippen LogP contribution in [0.25, 0.3) is 0 Å². The molecule has 0 aliphatic carbocycles. The Bertz CT molecular complexity index is 1570. The summed E-state index contributed by atoms with van der Waals surface area (Å²) in [5, 5.41) is 4.08. The first kappa shape index (κ1) is 28.2. The number of carbonyl (C=O) groups excluding carboxylic acids is 1. The van der Waals surface area contributed by atoms with E-state index < -0.39 is 15.9 Å². The van der Waals surface area contributed by atoms with Crippen molar-refractivity contribution in [3.63, 3.8) is 0 Å². The van der Waals surface area contributed by atoms with E-state index in [4.69, 9.17) is 14.2 Å². The zero-order valence-electron chi connectivity index (χ0n) is 22.3. The molecule has 0 aromatic heterocycles. The number of methoxy groups -OCH3 is 3. The maximum absolute atomic E-state index is 13.8. The first-order valence-corrected chi connectivity index (χ1v) is 13.7. The summed E-state index contributed by atoms with van der Waals surface area (Å²) in [7, 11) is 0.489. The van der Waals surface area contributed by atoms with Gasteiger partial charge in [0.05, 0.1) is 50.2 Å². The van der Waals surface area contributed by atoms with Crippen molar-refractivity contribution in [1.82, 2.24) is 5.43 Å². The monoisotopic (exact) mass is 559 g/mol. The van der Waals surface area contributed by atoms with Gasteiger partial charge in [-0.05, 0) is 42.0 Å². The normalized spacial score (nSPS) is 11.2. The molecular weight excluding hydrogens is 530 g/mol. The van der Waals surface area contributed by atoms with Crippen molar-refractivity contribution in [3.05, 3.63) is 114 Å². The van der Waals surface area contributed by atoms with Gasteiger partial charge in [-0.15, -0.1) is 0 Å². The molecule has 4 rings (SSSR count). The summed E-state index contributed by atoms with van der Waals surface area (Å²) in [6.07, 6.45) is 1.42. The van der Waals surface area contributed by atoms with E-state index in [-0.39, 0.29) is 22.7 Å². The summed E-state index contributed by atoms with van der Waals surface area (Å²) in [5.41, 5.74) is 4.20. The topological polar surface area (TPSA) is 107 Å². The summed E-state index contributed by atoms with van der Waals surface area (Å²) in [5.74, 6) is 0.712. The fourth-order valence-corrected chi connectivity index (χ4v) is 5.55. The number of sulfonamides is 1. The lowest BCUT2D eigenvalue weighted by atomic mass is 10.1. The number of benzene rings is 4. The third kappa shape index (κ3) is 6.24. The largest absolute Gasteiger partial charge is 0.493 e. The van der Waals surface area contributed by atoms with E-state index in [1.807, 2.05) is 30.3 Å². The first-order valence-electron chi connectivity index (χ1n) is 12.2. The van der Waals surface area contributed by atoms with Gasteiger partial charge >= 0.3 is 0 Å². The molecule has 9 nitrogen and oxygen atoms in total. The highest BCUT2D eigenvalue weighted by molar-refractivity contribution is 7.92. The first-order chi connectivity index (χ1) is 19.4. The van der Waals surface area contributed by atoms with E-state index in [1.165, 1.54) is 44.0 Å². The van der Waals surface area contributed by atoms with Crippen molar-refractivity contribution in [2.45, 2.75) is 11.4 Å². The maximum Gasteiger partial charge on any atom is 0.273 e. The van der Waals surface area contributed by atoms with Gasteiger partial charge in [-0.3, -0.25) is 9.10 Å². The molecule has 1 N–H and O–H groups in total. The molecule has 0 saturated carbocycles. The molecule has 0 aliphatic rings. The molecule has 0 radical (unpaired) electrons. The Hall–Kier alpha value is -4.83. The van der Waals surface area contributed by atoms with Gasteiger partial charge in [0.25, 0.3) is 15.9 Å². The van der Waals surface area contributed by atoms with Crippen LogP contribution in [0.3, 0.4) is 0 Å². The van der Waals surface area contributed by atoms with Crippen molar-refractivity contribution in [2.75, 3.05) is 25.6 Å². The molecule has 0 fully saturated rings. The number of ether oxygens (including phenoxy) is 3. The van der Waals surface area contributed by atoms with Crippen LogP contribution >= 0.6 is 0 Å². The highest BCUT2D eigenvalue weighted by Crippen LogP contribution is 2.37. The van der Waals surface area contributed by atoms with Gasteiger partial charge in [0.1, 0.15) is 0 Å². The minimum absolute atomic E-state index is 0.0249. The standard InChI is InChI=1S/C30H29N3O6S/c1-37-27-18-23(19-28(38-2)29(27)39-3)20-31-32-30(34)25-16-10-11-17-26(25)33(21-22-12-6-4-7-13-22)40(35,36)24-14-8-5-9-15-24/h4-20H,21H2,1-3H3,(H,32,34)/b31-20+. The molecule has 0 spiro atoms. The molecule has 4 aromatic rings. The molecule has 1 amide bonds. The number of hydrogen-bond acceptors (Lipinski definition) is 7. The molecule has 4 aromatic carbocycles. The predicted octanol–water partition coefficient (Wildman–Crippen LogP) is 4.87. The van der Waals surface area contributed by atoms with Gasteiger partial charge in [0.2, 0.25) is 5.75 Å². The van der Waals surface area contributed by atoms with Crippen LogP contribution in [0, 0.1) is 0 Å². The van der Waals surface area contributed by atoms with Crippen LogP contribution in [-0.2, 0) is 16.6 Å². The van der Waals surface area contributed by atoms with Gasteiger partial charge in [0, 0.05) is 5.56 Å². The zero-order chi connectivity index (χ0) is 28.5. The third-order valence-electron chi connectivity index (χ3n) is 5.98. The number of para-hydroxylation sites is 1. The van der Waals surface area contributed by atoms with Crippen molar-refractivity contribution >= 4 is 27.8 Å². The summed E-state index contributed by atoms with van der Waals surface area (Å²) in [4.78, 5) is 13.4. The maximum atomic E-state index is 13.8. The quantitative estimate of drug-likeness (QED) is 0.208. The number of carbonyl (C=O) groups is 1. The Kier molecular flexibility index (Phi) is 9.03. The van der Waals surface area contributed by atoms with Crippen LogP contribution < -0.4 is 23.9 Å². The number of anilines is 1. The molecule has 0 saturated heterocycles. The average molecular weight is 560 g/mol. The molecule has 0 aliphatic heterocycles. The van der Waals surface area contributed by atoms with Crippen LogP contribution in [-0.4, -0.2) is 41.9 Å². The fourth-order valence-electron chi connectivity index (χ4n) is 4.05. The predicted molar refractivity (Wildman–Crippen MR) is 154 cm³/mol. The van der Waals surface area contributed by atoms with E-state index in [2.05, 4.69) is 10.5 Å². The summed E-state index contributed by atoms with van der Waals surface area (Å²) < 4.78 is 44.9. The number of rotatable bonds is 11. The smallest absolute Gasteiger partial charge is 0.273 e. The van der Waals surface area contributed by atoms with Gasteiger partial charge in [-0.2, -0.15) is 5.10 Å². The Labute approximate surface area is 233 Å². The Morgan fingerprint density at radius 1 is 0.825 bits per heavy atom.